The molecule has 0 saturated carbocycles. The van der Waals surface area contributed by atoms with Gasteiger partial charge in [-0.05, 0) is 32.9 Å². The van der Waals surface area contributed by atoms with Gasteiger partial charge in [0.05, 0.1) is 22.4 Å². The lowest BCUT2D eigenvalue weighted by Crippen LogP contribution is -2.16. The Kier molecular flexibility index (Phi) is 4.04. The molecule has 0 fully saturated rings. The molecule has 102 valence electrons. The maximum absolute atomic E-state index is 4.60. The summed E-state index contributed by atoms with van der Waals surface area (Å²) in [5, 5.41) is 4.61. The summed E-state index contributed by atoms with van der Waals surface area (Å²) in [7, 11) is 3.99. The van der Waals surface area contributed by atoms with E-state index in [1.165, 1.54) is 4.88 Å². The van der Waals surface area contributed by atoms with Crippen LogP contribution in [0.15, 0.2) is 18.3 Å². The van der Waals surface area contributed by atoms with Crippen molar-refractivity contribution in [3.05, 3.63) is 33.9 Å². The van der Waals surface area contributed by atoms with E-state index in [2.05, 4.69) is 29.1 Å². The van der Waals surface area contributed by atoms with Crippen molar-refractivity contribution in [2.75, 3.05) is 24.3 Å². The average Bonchev–Trinajstić information content (AvgIpc) is 2.69. The molecule has 0 bridgehead atoms. The van der Waals surface area contributed by atoms with E-state index in [1.54, 1.807) is 11.3 Å². The molecule has 0 aromatic carbocycles. The van der Waals surface area contributed by atoms with Crippen LogP contribution in [0.25, 0.3) is 0 Å². The number of nitrogens with one attached hydrogen (secondary N) is 1. The van der Waals surface area contributed by atoms with Crippen molar-refractivity contribution in [1.29, 1.82) is 0 Å². The molecular weight excluding hydrogens is 256 g/mol. The summed E-state index contributed by atoms with van der Waals surface area (Å²) in [4.78, 5) is 12.3. The zero-order valence-electron chi connectivity index (χ0n) is 12.1. The van der Waals surface area contributed by atoms with Crippen molar-refractivity contribution in [3.8, 4) is 0 Å². The van der Waals surface area contributed by atoms with E-state index in [0.717, 1.165) is 22.2 Å². The highest BCUT2D eigenvalue weighted by Crippen LogP contribution is 2.28. The average molecular weight is 276 g/mol. The second-order valence-electron chi connectivity index (χ2n) is 4.81. The normalized spacial score (nSPS) is 12.3. The lowest BCUT2D eigenvalue weighted by Gasteiger charge is -2.20. The molecule has 0 aliphatic carbocycles. The predicted octanol–water partition coefficient (Wildman–Crippen LogP) is 3.39. The van der Waals surface area contributed by atoms with Crippen LogP contribution >= 0.6 is 11.3 Å². The van der Waals surface area contributed by atoms with Crippen molar-refractivity contribution < 1.29 is 0 Å². The van der Waals surface area contributed by atoms with Gasteiger partial charge in [0.15, 0.2) is 5.82 Å². The molecule has 2 rings (SSSR count). The first-order valence-electron chi connectivity index (χ1n) is 6.32. The number of aromatic nitrogens is 2. The second kappa shape index (κ2) is 5.57. The van der Waals surface area contributed by atoms with Gasteiger partial charge in [0.25, 0.3) is 0 Å². The first-order chi connectivity index (χ1) is 8.99. The molecule has 0 aliphatic rings. The van der Waals surface area contributed by atoms with Crippen LogP contribution in [0.2, 0.25) is 0 Å². The van der Waals surface area contributed by atoms with Gasteiger partial charge in [-0.25, -0.2) is 9.97 Å². The monoisotopic (exact) mass is 276 g/mol. The van der Waals surface area contributed by atoms with Gasteiger partial charge < -0.3 is 10.2 Å². The first kappa shape index (κ1) is 13.8. The summed E-state index contributed by atoms with van der Waals surface area (Å²) in [6.45, 7) is 6.30. The molecule has 19 heavy (non-hydrogen) atoms. The zero-order chi connectivity index (χ0) is 14.0. The molecule has 4 nitrogen and oxygen atoms in total. The predicted molar refractivity (Wildman–Crippen MR) is 82.2 cm³/mol. The van der Waals surface area contributed by atoms with Gasteiger partial charge in [-0.2, -0.15) is 0 Å². The summed E-state index contributed by atoms with van der Waals surface area (Å²) in [6, 6.07) is 4.17. The standard InChI is InChI=1S/C14H20N4S/c1-9(13-10(2)19-11(3)17-13)16-12-7-6-8-15-14(12)18(4)5/h6-9,16H,1-5H3. The van der Waals surface area contributed by atoms with Gasteiger partial charge in [-0.1, -0.05) is 0 Å². The topological polar surface area (TPSA) is 41.1 Å². The van der Waals surface area contributed by atoms with Gasteiger partial charge >= 0.3 is 0 Å². The van der Waals surface area contributed by atoms with Crippen molar-refractivity contribution >= 4 is 22.8 Å². The van der Waals surface area contributed by atoms with E-state index in [0.29, 0.717) is 0 Å². The van der Waals surface area contributed by atoms with Gasteiger partial charge in [-0.15, -0.1) is 11.3 Å². The van der Waals surface area contributed by atoms with Gasteiger partial charge in [0.2, 0.25) is 0 Å². The minimum Gasteiger partial charge on any atom is -0.374 e. The Morgan fingerprint density at radius 3 is 2.63 bits per heavy atom. The molecule has 2 aromatic heterocycles. The van der Waals surface area contributed by atoms with E-state index in [4.69, 9.17) is 0 Å². The van der Waals surface area contributed by atoms with Gasteiger partial charge in [0.1, 0.15) is 0 Å². The fraction of sp³-hybridized carbons (Fsp3) is 0.429. The molecule has 5 heteroatoms. The lowest BCUT2D eigenvalue weighted by molar-refractivity contribution is 0.834. The van der Waals surface area contributed by atoms with E-state index < -0.39 is 0 Å². The highest BCUT2D eigenvalue weighted by Gasteiger charge is 2.15. The van der Waals surface area contributed by atoms with Gasteiger partial charge in [-0.3, -0.25) is 0 Å². The Balaban J connectivity index is 2.24. The SMILES string of the molecule is Cc1nc(C(C)Nc2cccnc2N(C)C)c(C)s1. The molecule has 2 aromatic rings. The molecule has 0 radical (unpaired) electrons. The maximum Gasteiger partial charge on any atom is 0.151 e. The molecule has 0 aliphatic heterocycles. The van der Waals surface area contributed by atoms with E-state index in [1.807, 2.05) is 44.2 Å². The zero-order valence-corrected chi connectivity index (χ0v) is 12.9. The molecular formula is C14H20N4S. The van der Waals surface area contributed by atoms with Gasteiger partial charge in [0, 0.05) is 25.2 Å². The molecule has 1 N–H and O–H groups in total. The Labute approximate surface area is 118 Å². The van der Waals surface area contributed by atoms with Crippen LogP contribution in [0, 0.1) is 13.8 Å². The third kappa shape index (κ3) is 3.04. The number of rotatable bonds is 4. The number of aryl methyl sites for hydroxylation is 2. The van der Waals surface area contributed by atoms with Crippen molar-refractivity contribution in [3.63, 3.8) is 0 Å². The number of hydrogen-bond acceptors (Lipinski definition) is 5. The van der Waals surface area contributed by atoms with E-state index in [-0.39, 0.29) is 6.04 Å². The summed E-state index contributed by atoms with van der Waals surface area (Å²) in [5.74, 6) is 0.943. The number of nitrogens with zero attached hydrogens (tertiary/aromatic N) is 3. The minimum atomic E-state index is 0.174. The smallest absolute Gasteiger partial charge is 0.151 e. The van der Waals surface area contributed by atoms with E-state index in [9.17, 15) is 0 Å². The van der Waals surface area contributed by atoms with Crippen LogP contribution in [-0.2, 0) is 0 Å². The fourth-order valence-corrected chi connectivity index (χ4v) is 3.03. The van der Waals surface area contributed by atoms with Crippen LogP contribution < -0.4 is 10.2 Å². The minimum absolute atomic E-state index is 0.174. The second-order valence-corrected chi connectivity index (χ2v) is 6.22. The van der Waals surface area contributed by atoms with Crippen molar-refractivity contribution in [1.82, 2.24) is 9.97 Å². The molecule has 1 atom stereocenters. The van der Waals surface area contributed by atoms with Crippen LogP contribution in [0.5, 0.6) is 0 Å². The van der Waals surface area contributed by atoms with Crippen LogP contribution in [0.3, 0.4) is 0 Å². The Bertz CT molecular complexity index is 562. The van der Waals surface area contributed by atoms with Crippen molar-refractivity contribution in [2.24, 2.45) is 0 Å². The molecule has 0 spiro atoms. The first-order valence-corrected chi connectivity index (χ1v) is 7.13. The van der Waals surface area contributed by atoms with Crippen molar-refractivity contribution in [2.45, 2.75) is 26.8 Å². The number of anilines is 2. The third-order valence-electron chi connectivity index (χ3n) is 2.93. The van der Waals surface area contributed by atoms with Crippen LogP contribution in [0.4, 0.5) is 11.5 Å². The summed E-state index contributed by atoms with van der Waals surface area (Å²) >= 11 is 1.74. The fourth-order valence-electron chi connectivity index (χ4n) is 2.11. The number of hydrogen-bond donors (Lipinski definition) is 1. The molecule has 1 unspecified atom stereocenters. The summed E-state index contributed by atoms with van der Waals surface area (Å²) < 4.78 is 0. The maximum atomic E-state index is 4.60. The highest BCUT2D eigenvalue weighted by molar-refractivity contribution is 7.11. The Morgan fingerprint density at radius 1 is 1.32 bits per heavy atom. The Hall–Kier alpha value is -1.62. The van der Waals surface area contributed by atoms with E-state index >= 15 is 0 Å². The lowest BCUT2D eigenvalue weighted by atomic mass is 10.2. The third-order valence-corrected chi connectivity index (χ3v) is 3.83. The quantitative estimate of drug-likeness (QED) is 0.929. The molecule has 2 heterocycles. The van der Waals surface area contributed by atoms with Crippen LogP contribution in [-0.4, -0.2) is 24.1 Å². The summed E-state index contributed by atoms with van der Waals surface area (Å²) in [5.41, 5.74) is 2.15. The molecule has 0 saturated heterocycles. The summed E-state index contributed by atoms with van der Waals surface area (Å²) in [6.07, 6.45) is 1.81. The largest absolute Gasteiger partial charge is 0.374 e. The highest BCUT2D eigenvalue weighted by atomic mass is 32.1. The molecule has 0 amide bonds. The van der Waals surface area contributed by atoms with Crippen LogP contribution in [0.1, 0.15) is 28.5 Å². The Morgan fingerprint density at radius 2 is 2.05 bits per heavy atom. The number of thiazole rings is 1. The number of pyridine rings is 1.